The summed E-state index contributed by atoms with van der Waals surface area (Å²) in [5.74, 6) is 1.07. The minimum Gasteiger partial charge on any atom is -0.496 e. The second kappa shape index (κ2) is 6.90. The molecular weight excluding hydrogens is 288 g/mol. The average Bonchev–Trinajstić information content (AvgIpc) is 3.07. The molecule has 0 spiro atoms. The number of benzene rings is 1. The molecule has 0 saturated carbocycles. The van der Waals surface area contributed by atoms with Crippen LogP contribution in [-0.2, 0) is 11.3 Å². The fourth-order valence-corrected chi connectivity index (χ4v) is 3.34. The molecule has 2 aromatic rings. The van der Waals surface area contributed by atoms with Gasteiger partial charge in [0.1, 0.15) is 11.8 Å². The number of hydrogen-bond acceptors (Lipinski definition) is 2. The molecule has 1 amide bonds. The van der Waals surface area contributed by atoms with E-state index in [0.717, 1.165) is 42.9 Å². The Kier molecular flexibility index (Phi) is 4.70. The van der Waals surface area contributed by atoms with E-state index in [9.17, 15) is 4.79 Å². The molecular formula is C19H24N2O2. The van der Waals surface area contributed by atoms with Gasteiger partial charge in [0.25, 0.3) is 0 Å². The van der Waals surface area contributed by atoms with Gasteiger partial charge in [0.2, 0.25) is 5.91 Å². The van der Waals surface area contributed by atoms with Gasteiger partial charge in [-0.1, -0.05) is 31.5 Å². The Labute approximate surface area is 137 Å². The molecule has 0 aliphatic carbocycles. The molecule has 4 heteroatoms. The minimum absolute atomic E-state index is 0.0701. The molecule has 0 radical (unpaired) electrons. The zero-order chi connectivity index (χ0) is 16.2. The van der Waals surface area contributed by atoms with Gasteiger partial charge in [-0.05, 0) is 24.6 Å². The molecule has 4 nitrogen and oxygen atoms in total. The largest absolute Gasteiger partial charge is 0.496 e. The van der Waals surface area contributed by atoms with Crippen LogP contribution < -0.4 is 4.74 Å². The summed E-state index contributed by atoms with van der Waals surface area (Å²) in [5.41, 5.74) is 2.21. The van der Waals surface area contributed by atoms with E-state index in [0.29, 0.717) is 6.42 Å². The third-order valence-corrected chi connectivity index (χ3v) is 4.54. The van der Waals surface area contributed by atoms with Crippen LogP contribution in [0, 0.1) is 0 Å². The Hall–Kier alpha value is -2.23. The molecule has 1 atom stereocenters. The number of fused-ring (bicyclic) bond motifs is 1. The average molecular weight is 312 g/mol. The number of carbonyl (C=O) groups is 1. The quantitative estimate of drug-likeness (QED) is 0.845. The highest BCUT2D eigenvalue weighted by Crippen LogP contribution is 2.37. The molecule has 1 aliphatic rings. The zero-order valence-electron chi connectivity index (χ0n) is 13.9. The van der Waals surface area contributed by atoms with Crippen molar-refractivity contribution >= 4 is 5.91 Å². The summed E-state index contributed by atoms with van der Waals surface area (Å²) < 4.78 is 7.79. The molecule has 1 unspecified atom stereocenters. The highest BCUT2D eigenvalue weighted by molar-refractivity contribution is 5.77. The van der Waals surface area contributed by atoms with E-state index >= 15 is 0 Å². The van der Waals surface area contributed by atoms with Crippen molar-refractivity contribution in [2.45, 2.75) is 38.8 Å². The summed E-state index contributed by atoms with van der Waals surface area (Å²) in [6.45, 7) is 3.71. The first kappa shape index (κ1) is 15.7. The fourth-order valence-electron chi connectivity index (χ4n) is 3.34. The Morgan fingerprint density at radius 3 is 2.83 bits per heavy atom. The second-order valence-electron chi connectivity index (χ2n) is 5.96. The summed E-state index contributed by atoms with van der Waals surface area (Å²) in [4.78, 5) is 14.8. The van der Waals surface area contributed by atoms with Crippen molar-refractivity contribution in [3.63, 3.8) is 0 Å². The number of aromatic nitrogens is 1. The lowest BCUT2D eigenvalue weighted by atomic mass is 9.98. The molecule has 1 aliphatic heterocycles. The summed E-state index contributed by atoms with van der Waals surface area (Å²) in [6.07, 6.45) is 4.68. The van der Waals surface area contributed by atoms with Crippen LogP contribution in [0.25, 0.3) is 0 Å². The Morgan fingerprint density at radius 1 is 1.22 bits per heavy atom. The third-order valence-electron chi connectivity index (χ3n) is 4.54. The maximum Gasteiger partial charge on any atom is 0.223 e. The SMILES string of the molecule is CCCCC(=O)N1CCn2cccc2C1c1ccccc1OC. The topological polar surface area (TPSA) is 34.5 Å². The molecule has 2 heterocycles. The van der Waals surface area contributed by atoms with E-state index in [-0.39, 0.29) is 11.9 Å². The predicted molar refractivity (Wildman–Crippen MR) is 90.5 cm³/mol. The van der Waals surface area contributed by atoms with Gasteiger partial charge in [-0.15, -0.1) is 0 Å². The highest BCUT2D eigenvalue weighted by atomic mass is 16.5. The molecule has 23 heavy (non-hydrogen) atoms. The minimum atomic E-state index is -0.0701. The van der Waals surface area contributed by atoms with Crippen LogP contribution in [0.5, 0.6) is 5.75 Å². The lowest BCUT2D eigenvalue weighted by Crippen LogP contribution is -2.42. The Morgan fingerprint density at radius 2 is 2.04 bits per heavy atom. The Bertz CT molecular complexity index is 678. The third kappa shape index (κ3) is 2.98. The smallest absolute Gasteiger partial charge is 0.223 e. The van der Waals surface area contributed by atoms with Crippen LogP contribution in [0.3, 0.4) is 0 Å². The molecule has 3 rings (SSSR count). The molecule has 1 aromatic carbocycles. The van der Waals surface area contributed by atoms with Crippen molar-refractivity contribution in [1.29, 1.82) is 0 Å². The van der Waals surface area contributed by atoms with E-state index in [1.54, 1.807) is 7.11 Å². The maximum absolute atomic E-state index is 12.7. The lowest BCUT2D eigenvalue weighted by molar-refractivity contribution is -0.134. The number of ether oxygens (including phenoxy) is 1. The standard InChI is InChI=1S/C19H24N2O2/c1-3-4-11-18(22)21-14-13-20-12-7-9-16(20)19(21)15-8-5-6-10-17(15)23-2/h5-10,12,19H,3-4,11,13-14H2,1-2H3. The first-order valence-corrected chi connectivity index (χ1v) is 8.33. The van der Waals surface area contributed by atoms with Crippen molar-refractivity contribution < 1.29 is 9.53 Å². The van der Waals surface area contributed by atoms with Crippen molar-refractivity contribution in [3.05, 3.63) is 53.9 Å². The van der Waals surface area contributed by atoms with Gasteiger partial charge in [-0.3, -0.25) is 4.79 Å². The zero-order valence-corrected chi connectivity index (χ0v) is 13.9. The van der Waals surface area contributed by atoms with Crippen LogP contribution in [0.4, 0.5) is 0 Å². The molecule has 1 aromatic heterocycles. The molecule has 0 saturated heterocycles. The monoisotopic (exact) mass is 312 g/mol. The predicted octanol–water partition coefficient (Wildman–Crippen LogP) is 3.62. The van der Waals surface area contributed by atoms with Crippen LogP contribution in [-0.4, -0.2) is 29.0 Å². The molecule has 0 fully saturated rings. The molecule has 0 N–H and O–H groups in total. The number of rotatable bonds is 5. The fraction of sp³-hybridized carbons (Fsp3) is 0.421. The number of para-hydroxylation sites is 1. The van der Waals surface area contributed by atoms with Crippen molar-refractivity contribution in [3.8, 4) is 5.75 Å². The van der Waals surface area contributed by atoms with Crippen LogP contribution in [0.2, 0.25) is 0 Å². The number of hydrogen-bond donors (Lipinski definition) is 0. The van der Waals surface area contributed by atoms with Gasteiger partial charge in [0.15, 0.2) is 0 Å². The van der Waals surface area contributed by atoms with E-state index in [1.807, 2.05) is 23.1 Å². The van der Waals surface area contributed by atoms with E-state index < -0.39 is 0 Å². The molecule has 122 valence electrons. The van der Waals surface area contributed by atoms with Gasteiger partial charge in [0.05, 0.1) is 7.11 Å². The van der Waals surface area contributed by atoms with Gasteiger partial charge >= 0.3 is 0 Å². The van der Waals surface area contributed by atoms with E-state index in [2.05, 4.69) is 35.9 Å². The number of methoxy groups -OCH3 is 1. The first-order valence-electron chi connectivity index (χ1n) is 8.33. The summed E-state index contributed by atoms with van der Waals surface area (Å²) in [5, 5.41) is 0. The van der Waals surface area contributed by atoms with Crippen molar-refractivity contribution in [2.75, 3.05) is 13.7 Å². The summed E-state index contributed by atoms with van der Waals surface area (Å²) in [7, 11) is 1.68. The van der Waals surface area contributed by atoms with E-state index in [1.165, 1.54) is 0 Å². The van der Waals surface area contributed by atoms with Gasteiger partial charge < -0.3 is 14.2 Å². The van der Waals surface area contributed by atoms with Gasteiger partial charge in [0, 0.05) is 37.0 Å². The van der Waals surface area contributed by atoms with Gasteiger partial charge in [-0.25, -0.2) is 0 Å². The van der Waals surface area contributed by atoms with Crippen molar-refractivity contribution in [1.82, 2.24) is 9.47 Å². The normalized spacial score (nSPS) is 17.0. The second-order valence-corrected chi connectivity index (χ2v) is 5.96. The number of carbonyl (C=O) groups excluding carboxylic acids is 1. The van der Waals surface area contributed by atoms with Crippen LogP contribution in [0.1, 0.15) is 43.5 Å². The number of unbranched alkanes of at least 4 members (excludes halogenated alkanes) is 1. The number of amides is 1. The van der Waals surface area contributed by atoms with E-state index in [4.69, 9.17) is 4.74 Å². The van der Waals surface area contributed by atoms with Crippen LogP contribution >= 0.6 is 0 Å². The van der Waals surface area contributed by atoms with Crippen LogP contribution in [0.15, 0.2) is 42.6 Å². The lowest BCUT2D eigenvalue weighted by Gasteiger charge is -2.38. The van der Waals surface area contributed by atoms with Crippen molar-refractivity contribution in [2.24, 2.45) is 0 Å². The number of nitrogens with zero attached hydrogens (tertiary/aromatic N) is 2. The maximum atomic E-state index is 12.7. The first-order chi connectivity index (χ1) is 11.3. The summed E-state index contributed by atoms with van der Waals surface area (Å²) in [6, 6.07) is 12.1. The highest BCUT2D eigenvalue weighted by Gasteiger charge is 2.33. The summed E-state index contributed by atoms with van der Waals surface area (Å²) >= 11 is 0. The van der Waals surface area contributed by atoms with Gasteiger partial charge in [-0.2, -0.15) is 0 Å². The molecule has 0 bridgehead atoms. The Balaban J connectivity index is 2.02.